The van der Waals surface area contributed by atoms with E-state index in [9.17, 15) is 14.0 Å². The molecule has 2 N–H and O–H groups in total. The first-order valence-corrected chi connectivity index (χ1v) is 10.0. The molecule has 1 atom stereocenters. The molecule has 3 aromatic rings. The number of nitrogens with one attached hydrogen (secondary N) is 2. The molecule has 1 unspecified atom stereocenters. The Labute approximate surface area is 180 Å². The summed E-state index contributed by atoms with van der Waals surface area (Å²) in [4.78, 5) is 29.3. The first kappa shape index (κ1) is 20.5. The van der Waals surface area contributed by atoms with Crippen LogP contribution in [0.4, 0.5) is 10.1 Å². The van der Waals surface area contributed by atoms with E-state index in [0.29, 0.717) is 11.3 Å². The van der Waals surface area contributed by atoms with Gasteiger partial charge in [-0.1, -0.05) is 24.3 Å². The molecule has 6 heteroatoms. The van der Waals surface area contributed by atoms with E-state index in [2.05, 4.69) is 15.6 Å². The summed E-state index contributed by atoms with van der Waals surface area (Å²) in [5.74, 6) is -1.30. The smallest absolute Gasteiger partial charge is 0.253 e. The van der Waals surface area contributed by atoms with Crippen LogP contribution in [0.25, 0.3) is 11.1 Å². The maximum Gasteiger partial charge on any atom is 0.253 e. The lowest BCUT2D eigenvalue weighted by atomic mass is 9.86. The van der Waals surface area contributed by atoms with Gasteiger partial charge < -0.3 is 10.6 Å². The van der Waals surface area contributed by atoms with Crippen LogP contribution in [-0.2, 0) is 9.59 Å². The Hall–Kier alpha value is -3.80. The second kappa shape index (κ2) is 8.52. The molecule has 2 aromatic carbocycles. The zero-order chi connectivity index (χ0) is 22.0. The van der Waals surface area contributed by atoms with Gasteiger partial charge in [-0.15, -0.1) is 0 Å². The van der Waals surface area contributed by atoms with Crippen molar-refractivity contribution in [3.05, 3.63) is 95.2 Å². The molecule has 0 saturated carbocycles. The van der Waals surface area contributed by atoms with Crippen molar-refractivity contribution in [3.8, 4) is 11.1 Å². The Morgan fingerprint density at radius 3 is 2.55 bits per heavy atom. The average molecular weight is 415 g/mol. The van der Waals surface area contributed by atoms with Gasteiger partial charge in [-0.05, 0) is 66.4 Å². The molecule has 0 bridgehead atoms. The number of hydrogen-bond acceptors (Lipinski definition) is 3. The number of benzene rings is 2. The SMILES string of the molecule is Cc1cc(-c2ccc(C)c(NC(=O)C3=CNC(=O)CC3c3ccc(F)cc3)c2)ccn1. The fourth-order valence-corrected chi connectivity index (χ4v) is 3.69. The van der Waals surface area contributed by atoms with Gasteiger partial charge in [-0.2, -0.15) is 0 Å². The lowest BCUT2D eigenvalue weighted by Gasteiger charge is -2.24. The summed E-state index contributed by atoms with van der Waals surface area (Å²) in [6.07, 6.45) is 3.33. The Kier molecular flexibility index (Phi) is 5.62. The van der Waals surface area contributed by atoms with Gasteiger partial charge in [-0.3, -0.25) is 14.6 Å². The number of aromatic nitrogens is 1. The van der Waals surface area contributed by atoms with Crippen LogP contribution < -0.4 is 10.6 Å². The maximum absolute atomic E-state index is 13.3. The van der Waals surface area contributed by atoms with Crippen LogP contribution >= 0.6 is 0 Å². The molecular weight excluding hydrogens is 393 g/mol. The summed E-state index contributed by atoms with van der Waals surface area (Å²) >= 11 is 0. The number of rotatable bonds is 4. The molecule has 1 aliphatic rings. The number of carbonyl (C=O) groups is 2. The molecule has 0 radical (unpaired) electrons. The van der Waals surface area contributed by atoms with Crippen molar-refractivity contribution >= 4 is 17.5 Å². The predicted octanol–water partition coefficient (Wildman–Crippen LogP) is 4.63. The van der Waals surface area contributed by atoms with Crippen molar-refractivity contribution in [2.75, 3.05) is 5.32 Å². The van der Waals surface area contributed by atoms with Crippen LogP contribution in [0.3, 0.4) is 0 Å². The highest BCUT2D eigenvalue weighted by molar-refractivity contribution is 6.07. The van der Waals surface area contributed by atoms with Gasteiger partial charge in [0.25, 0.3) is 5.91 Å². The van der Waals surface area contributed by atoms with Crippen molar-refractivity contribution < 1.29 is 14.0 Å². The fraction of sp³-hybridized carbons (Fsp3) is 0.160. The fourth-order valence-electron chi connectivity index (χ4n) is 3.69. The minimum Gasteiger partial charge on any atom is -0.332 e. The highest BCUT2D eigenvalue weighted by atomic mass is 19.1. The van der Waals surface area contributed by atoms with Gasteiger partial charge in [0.1, 0.15) is 5.82 Å². The molecule has 31 heavy (non-hydrogen) atoms. The lowest BCUT2D eigenvalue weighted by molar-refractivity contribution is -0.121. The largest absolute Gasteiger partial charge is 0.332 e. The number of pyridine rings is 1. The molecule has 1 aliphatic heterocycles. The summed E-state index contributed by atoms with van der Waals surface area (Å²) in [5.41, 5.74) is 5.64. The standard InChI is InChI=1S/C25H22FN3O2/c1-15-3-4-18(19-9-10-27-16(2)11-19)12-23(15)29-25(31)22-14-28-24(30)13-21(22)17-5-7-20(26)8-6-17/h3-12,14,21H,13H2,1-2H3,(H,28,30)(H,29,31). The first-order chi connectivity index (χ1) is 14.9. The number of carbonyl (C=O) groups excluding carboxylic acids is 2. The molecular formula is C25H22FN3O2. The number of amides is 2. The normalized spacial score (nSPS) is 15.8. The summed E-state index contributed by atoms with van der Waals surface area (Å²) in [6.45, 7) is 3.85. The van der Waals surface area contributed by atoms with E-state index in [-0.39, 0.29) is 24.1 Å². The van der Waals surface area contributed by atoms with Crippen molar-refractivity contribution in [3.63, 3.8) is 0 Å². The van der Waals surface area contributed by atoms with E-state index in [1.165, 1.54) is 18.3 Å². The first-order valence-electron chi connectivity index (χ1n) is 10.0. The van der Waals surface area contributed by atoms with Gasteiger partial charge in [0.2, 0.25) is 5.91 Å². The number of anilines is 1. The quantitative estimate of drug-likeness (QED) is 0.653. The second-order valence-electron chi connectivity index (χ2n) is 7.65. The molecule has 0 spiro atoms. The van der Waals surface area contributed by atoms with Crippen LogP contribution in [-0.4, -0.2) is 16.8 Å². The van der Waals surface area contributed by atoms with E-state index < -0.39 is 5.92 Å². The van der Waals surface area contributed by atoms with E-state index in [0.717, 1.165) is 27.9 Å². The van der Waals surface area contributed by atoms with Crippen molar-refractivity contribution in [1.82, 2.24) is 10.3 Å². The Bertz CT molecular complexity index is 1190. The van der Waals surface area contributed by atoms with Crippen LogP contribution in [0.1, 0.15) is 29.2 Å². The Morgan fingerprint density at radius 2 is 1.81 bits per heavy atom. The topological polar surface area (TPSA) is 71.1 Å². The minimum atomic E-state index is -0.444. The number of nitrogens with zero attached hydrogens (tertiary/aromatic N) is 1. The average Bonchev–Trinajstić information content (AvgIpc) is 2.75. The van der Waals surface area contributed by atoms with Gasteiger partial charge >= 0.3 is 0 Å². The van der Waals surface area contributed by atoms with Crippen LogP contribution in [0, 0.1) is 19.7 Å². The highest BCUT2D eigenvalue weighted by Gasteiger charge is 2.29. The van der Waals surface area contributed by atoms with Crippen molar-refractivity contribution in [2.45, 2.75) is 26.2 Å². The van der Waals surface area contributed by atoms with Gasteiger partial charge in [0, 0.05) is 41.7 Å². The molecule has 4 rings (SSSR count). The lowest BCUT2D eigenvalue weighted by Crippen LogP contribution is -2.32. The molecule has 2 amide bonds. The monoisotopic (exact) mass is 415 g/mol. The molecule has 1 aromatic heterocycles. The van der Waals surface area contributed by atoms with Crippen LogP contribution in [0.2, 0.25) is 0 Å². The summed E-state index contributed by atoms with van der Waals surface area (Å²) in [6, 6.07) is 15.7. The second-order valence-corrected chi connectivity index (χ2v) is 7.65. The van der Waals surface area contributed by atoms with Crippen LogP contribution in [0.5, 0.6) is 0 Å². The molecule has 0 aliphatic carbocycles. The van der Waals surface area contributed by atoms with E-state index in [4.69, 9.17) is 0 Å². The molecule has 5 nitrogen and oxygen atoms in total. The predicted molar refractivity (Wildman–Crippen MR) is 118 cm³/mol. The third-order valence-electron chi connectivity index (χ3n) is 5.40. The third-order valence-corrected chi connectivity index (χ3v) is 5.40. The van der Waals surface area contributed by atoms with Crippen LogP contribution in [0.15, 0.2) is 72.6 Å². The number of hydrogen-bond donors (Lipinski definition) is 2. The summed E-state index contributed by atoms with van der Waals surface area (Å²) in [7, 11) is 0. The zero-order valence-electron chi connectivity index (χ0n) is 17.3. The summed E-state index contributed by atoms with van der Waals surface area (Å²) < 4.78 is 13.3. The number of halogens is 1. The Morgan fingerprint density at radius 1 is 1.06 bits per heavy atom. The highest BCUT2D eigenvalue weighted by Crippen LogP contribution is 2.32. The minimum absolute atomic E-state index is 0.125. The zero-order valence-corrected chi connectivity index (χ0v) is 17.3. The van der Waals surface area contributed by atoms with Crippen molar-refractivity contribution in [2.24, 2.45) is 0 Å². The summed E-state index contributed by atoms with van der Waals surface area (Å²) in [5, 5.41) is 5.61. The van der Waals surface area contributed by atoms with E-state index in [1.807, 2.05) is 44.2 Å². The van der Waals surface area contributed by atoms with E-state index >= 15 is 0 Å². The van der Waals surface area contributed by atoms with Gasteiger partial charge in [0.05, 0.1) is 0 Å². The van der Waals surface area contributed by atoms with E-state index in [1.54, 1.807) is 18.3 Å². The third kappa shape index (κ3) is 4.53. The molecule has 0 fully saturated rings. The number of aryl methyl sites for hydroxylation is 2. The van der Waals surface area contributed by atoms with Gasteiger partial charge in [-0.25, -0.2) is 4.39 Å². The molecule has 0 saturated heterocycles. The van der Waals surface area contributed by atoms with Crippen molar-refractivity contribution in [1.29, 1.82) is 0 Å². The molecule has 156 valence electrons. The molecule has 2 heterocycles. The van der Waals surface area contributed by atoms with Gasteiger partial charge in [0.15, 0.2) is 0 Å². The maximum atomic E-state index is 13.3. The Balaban J connectivity index is 1.62.